The highest BCUT2D eigenvalue weighted by Gasteiger charge is 2.47. The van der Waals surface area contributed by atoms with Crippen molar-refractivity contribution in [1.29, 1.82) is 0 Å². The van der Waals surface area contributed by atoms with Crippen LogP contribution in [0.3, 0.4) is 0 Å². The van der Waals surface area contributed by atoms with Gasteiger partial charge in [0.1, 0.15) is 17.3 Å². The molecule has 23 heavy (non-hydrogen) atoms. The topological polar surface area (TPSA) is 80.6 Å². The minimum Gasteiger partial charge on any atom is -0.466 e. The Morgan fingerprint density at radius 2 is 2.13 bits per heavy atom. The van der Waals surface area contributed by atoms with Gasteiger partial charge in [0.15, 0.2) is 0 Å². The molecule has 6 nitrogen and oxygen atoms in total. The predicted octanol–water partition coefficient (Wildman–Crippen LogP) is 2.65. The Hall–Kier alpha value is -2.47. The number of hydrogen-bond acceptors (Lipinski definition) is 4. The first-order chi connectivity index (χ1) is 10.9. The van der Waals surface area contributed by atoms with E-state index in [1.807, 2.05) is 6.92 Å². The molecule has 1 aromatic heterocycles. The maximum atomic E-state index is 12.4. The number of benzene rings is 1. The second-order valence-electron chi connectivity index (χ2n) is 5.42. The minimum absolute atomic E-state index is 0.173. The number of halogens is 1. The third-order valence-electron chi connectivity index (χ3n) is 3.59. The van der Waals surface area contributed by atoms with Crippen molar-refractivity contribution >= 4 is 29.1 Å². The van der Waals surface area contributed by atoms with Gasteiger partial charge in [0.05, 0.1) is 12.2 Å². The Kier molecular flexibility index (Phi) is 3.77. The number of ether oxygens (including phenoxy) is 1. The first-order valence-electron chi connectivity index (χ1n) is 7.02. The zero-order chi connectivity index (χ0) is 16.6. The summed E-state index contributed by atoms with van der Waals surface area (Å²) in [6.45, 7) is 3.40. The van der Waals surface area contributed by atoms with Gasteiger partial charge in [0.25, 0.3) is 17.4 Å². The summed E-state index contributed by atoms with van der Waals surface area (Å²) >= 11 is 5.88. The van der Waals surface area contributed by atoms with Crippen LogP contribution in [0.1, 0.15) is 18.4 Å². The van der Waals surface area contributed by atoms with Crippen molar-refractivity contribution in [2.45, 2.75) is 26.0 Å². The average Bonchev–Trinajstić information content (AvgIpc) is 2.92. The van der Waals surface area contributed by atoms with Crippen LogP contribution in [0.25, 0.3) is 0 Å². The van der Waals surface area contributed by atoms with Crippen LogP contribution in [0, 0.1) is 6.92 Å². The summed E-state index contributed by atoms with van der Waals surface area (Å²) in [5.41, 5.74) is -1.22. The normalized spacial score (nSPS) is 19.5. The SMILES string of the molecule is Cc1ccc(CNC(=O)C2(C)Oc3ccc(Cl)cc3NC2=O)o1. The highest BCUT2D eigenvalue weighted by Crippen LogP contribution is 2.35. The highest BCUT2D eigenvalue weighted by molar-refractivity contribution is 6.31. The van der Waals surface area contributed by atoms with Gasteiger partial charge in [-0.1, -0.05) is 11.6 Å². The van der Waals surface area contributed by atoms with E-state index in [2.05, 4.69) is 10.6 Å². The van der Waals surface area contributed by atoms with Gasteiger partial charge in [-0.3, -0.25) is 9.59 Å². The summed E-state index contributed by atoms with van der Waals surface area (Å²) in [6, 6.07) is 8.36. The Balaban J connectivity index is 1.76. The second kappa shape index (κ2) is 5.62. The van der Waals surface area contributed by atoms with Crippen molar-refractivity contribution in [2.75, 3.05) is 5.32 Å². The zero-order valence-corrected chi connectivity index (χ0v) is 13.4. The summed E-state index contributed by atoms with van der Waals surface area (Å²) in [7, 11) is 0. The number of furan rings is 1. The largest absolute Gasteiger partial charge is 0.466 e. The molecule has 0 aliphatic carbocycles. The van der Waals surface area contributed by atoms with E-state index in [9.17, 15) is 9.59 Å². The first kappa shape index (κ1) is 15.4. The number of nitrogens with one attached hydrogen (secondary N) is 2. The van der Waals surface area contributed by atoms with Gasteiger partial charge in [-0.25, -0.2) is 0 Å². The molecule has 0 spiro atoms. The van der Waals surface area contributed by atoms with Gasteiger partial charge in [-0.15, -0.1) is 0 Å². The van der Waals surface area contributed by atoms with Crippen molar-refractivity contribution < 1.29 is 18.7 Å². The van der Waals surface area contributed by atoms with Gasteiger partial charge in [0.2, 0.25) is 0 Å². The Bertz CT molecular complexity index is 786. The maximum Gasteiger partial charge on any atom is 0.278 e. The lowest BCUT2D eigenvalue weighted by Gasteiger charge is -2.33. The summed E-state index contributed by atoms with van der Waals surface area (Å²) < 4.78 is 11.0. The van der Waals surface area contributed by atoms with Crippen molar-refractivity contribution in [3.63, 3.8) is 0 Å². The molecule has 0 saturated heterocycles. The molecular formula is C16H15ClN2O4. The van der Waals surface area contributed by atoms with E-state index in [-0.39, 0.29) is 6.54 Å². The number of hydrogen-bond donors (Lipinski definition) is 2. The van der Waals surface area contributed by atoms with Crippen LogP contribution in [0.4, 0.5) is 5.69 Å². The van der Waals surface area contributed by atoms with E-state index in [0.29, 0.717) is 22.2 Å². The Labute approximate surface area is 137 Å². The van der Waals surface area contributed by atoms with Gasteiger partial charge in [0, 0.05) is 5.02 Å². The van der Waals surface area contributed by atoms with Crippen molar-refractivity contribution in [3.05, 3.63) is 46.9 Å². The zero-order valence-electron chi connectivity index (χ0n) is 12.6. The molecule has 1 atom stereocenters. The minimum atomic E-state index is -1.66. The molecule has 1 aliphatic heterocycles. The molecule has 7 heteroatoms. The van der Waals surface area contributed by atoms with Crippen LogP contribution in [0.2, 0.25) is 5.02 Å². The standard InChI is InChI=1S/C16H15ClN2O4/c1-9-3-5-11(22-9)8-18-14(20)16(2)15(21)19-12-7-10(17)4-6-13(12)23-16/h3-7H,8H2,1-2H3,(H,18,20)(H,19,21). The molecule has 1 aromatic carbocycles. The van der Waals surface area contributed by atoms with Crippen LogP contribution >= 0.6 is 11.6 Å². The molecule has 120 valence electrons. The van der Waals surface area contributed by atoms with Crippen LogP contribution in [-0.2, 0) is 16.1 Å². The van der Waals surface area contributed by atoms with Crippen molar-refractivity contribution in [2.24, 2.45) is 0 Å². The average molecular weight is 335 g/mol. The maximum absolute atomic E-state index is 12.4. The van der Waals surface area contributed by atoms with E-state index in [4.69, 9.17) is 20.8 Å². The van der Waals surface area contributed by atoms with Gasteiger partial charge in [-0.05, 0) is 44.2 Å². The van der Waals surface area contributed by atoms with E-state index in [1.165, 1.54) is 6.92 Å². The fraction of sp³-hybridized carbons (Fsp3) is 0.250. The number of rotatable bonds is 3. The van der Waals surface area contributed by atoms with E-state index in [0.717, 1.165) is 5.76 Å². The third-order valence-corrected chi connectivity index (χ3v) is 3.82. The molecule has 2 aromatic rings. The number of amides is 2. The quantitative estimate of drug-likeness (QED) is 0.846. The monoisotopic (exact) mass is 334 g/mol. The van der Waals surface area contributed by atoms with Gasteiger partial charge in [-0.2, -0.15) is 0 Å². The number of fused-ring (bicyclic) bond motifs is 1. The van der Waals surface area contributed by atoms with Crippen molar-refractivity contribution in [1.82, 2.24) is 5.32 Å². The van der Waals surface area contributed by atoms with E-state index in [1.54, 1.807) is 30.3 Å². The number of aryl methyl sites for hydroxylation is 1. The Morgan fingerprint density at radius 3 is 2.83 bits per heavy atom. The van der Waals surface area contributed by atoms with Crippen LogP contribution in [0.15, 0.2) is 34.7 Å². The molecule has 0 saturated carbocycles. The van der Waals surface area contributed by atoms with Crippen LogP contribution in [-0.4, -0.2) is 17.4 Å². The van der Waals surface area contributed by atoms with Crippen molar-refractivity contribution in [3.8, 4) is 5.75 Å². The number of carbonyl (C=O) groups excluding carboxylic acids is 2. The molecular weight excluding hydrogens is 320 g/mol. The molecule has 0 fully saturated rings. The van der Waals surface area contributed by atoms with Crippen LogP contribution < -0.4 is 15.4 Å². The highest BCUT2D eigenvalue weighted by atomic mass is 35.5. The van der Waals surface area contributed by atoms with Gasteiger partial charge >= 0.3 is 0 Å². The molecule has 3 rings (SSSR count). The summed E-state index contributed by atoms with van der Waals surface area (Å²) in [4.78, 5) is 24.7. The lowest BCUT2D eigenvalue weighted by Crippen LogP contribution is -2.58. The molecule has 2 amide bonds. The third kappa shape index (κ3) is 2.90. The summed E-state index contributed by atoms with van der Waals surface area (Å²) in [5, 5.41) is 5.76. The predicted molar refractivity (Wildman–Crippen MR) is 84.4 cm³/mol. The van der Waals surface area contributed by atoms with E-state index < -0.39 is 17.4 Å². The fourth-order valence-electron chi connectivity index (χ4n) is 2.26. The molecule has 0 bridgehead atoms. The first-order valence-corrected chi connectivity index (χ1v) is 7.40. The molecule has 1 aliphatic rings. The fourth-order valence-corrected chi connectivity index (χ4v) is 2.43. The molecule has 0 radical (unpaired) electrons. The molecule has 2 heterocycles. The number of anilines is 1. The smallest absolute Gasteiger partial charge is 0.278 e. The van der Waals surface area contributed by atoms with Crippen LogP contribution in [0.5, 0.6) is 5.75 Å². The lowest BCUT2D eigenvalue weighted by atomic mass is 10.0. The lowest BCUT2D eigenvalue weighted by molar-refractivity contribution is -0.146. The summed E-state index contributed by atoms with van der Waals surface area (Å²) in [6.07, 6.45) is 0. The number of carbonyl (C=O) groups is 2. The second-order valence-corrected chi connectivity index (χ2v) is 5.86. The van der Waals surface area contributed by atoms with E-state index >= 15 is 0 Å². The molecule has 1 unspecified atom stereocenters. The summed E-state index contributed by atoms with van der Waals surface area (Å²) in [5.74, 6) is 0.631. The van der Waals surface area contributed by atoms with Gasteiger partial charge < -0.3 is 19.8 Å². The molecule has 2 N–H and O–H groups in total. The Morgan fingerprint density at radius 1 is 1.35 bits per heavy atom.